The van der Waals surface area contributed by atoms with Gasteiger partial charge in [-0.2, -0.15) is 15.2 Å². The predicted molar refractivity (Wildman–Crippen MR) is 168 cm³/mol. The van der Waals surface area contributed by atoms with E-state index in [0.717, 1.165) is 49.4 Å². The number of nitriles is 1. The van der Waals surface area contributed by atoms with Gasteiger partial charge in [-0.15, -0.1) is 0 Å². The van der Waals surface area contributed by atoms with Gasteiger partial charge in [0.1, 0.15) is 12.4 Å². The zero-order valence-corrected chi connectivity index (χ0v) is 25.2. The lowest BCUT2D eigenvalue weighted by Crippen LogP contribution is -2.55. The molecule has 0 aliphatic carbocycles. The molecule has 0 bridgehead atoms. The van der Waals surface area contributed by atoms with Crippen molar-refractivity contribution in [2.24, 2.45) is 0 Å². The fourth-order valence-corrected chi connectivity index (χ4v) is 7.06. The Morgan fingerprint density at radius 1 is 1.20 bits per heavy atom. The molecule has 2 fully saturated rings. The van der Waals surface area contributed by atoms with Gasteiger partial charge in [0, 0.05) is 52.4 Å². The van der Waals surface area contributed by atoms with E-state index in [1.807, 2.05) is 0 Å². The average molecular weight is 664 g/mol. The molecule has 1 N–H and O–H groups in total. The van der Waals surface area contributed by atoms with Crippen LogP contribution in [0, 0.1) is 14.9 Å². The van der Waals surface area contributed by atoms with Crippen molar-refractivity contribution in [3.05, 3.63) is 63.9 Å². The molecule has 6 rings (SSSR count). The number of ether oxygens (including phenoxy) is 1. The smallest absolute Gasteiger partial charge is 0.318 e. The van der Waals surface area contributed by atoms with E-state index < -0.39 is 0 Å². The highest BCUT2D eigenvalue weighted by Crippen LogP contribution is 2.36. The molecule has 3 aromatic rings. The molecule has 1 aromatic heterocycles. The number of benzene rings is 2. The molecule has 41 heavy (non-hydrogen) atoms. The molecule has 2 aromatic carbocycles. The molecule has 0 unspecified atom stereocenters. The van der Waals surface area contributed by atoms with Gasteiger partial charge in [-0.1, -0.05) is 30.8 Å². The van der Waals surface area contributed by atoms with Gasteiger partial charge in [0.25, 0.3) is 0 Å². The summed E-state index contributed by atoms with van der Waals surface area (Å²) in [5, 5.41) is 15.5. The van der Waals surface area contributed by atoms with Crippen molar-refractivity contribution in [3.8, 4) is 12.1 Å². The minimum atomic E-state index is -0.227. The molecule has 9 nitrogen and oxygen atoms in total. The third-order valence-corrected chi connectivity index (χ3v) is 9.24. The third-order valence-electron chi connectivity index (χ3n) is 8.34. The Bertz CT molecular complexity index is 1490. The van der Waals surface area contributed by atoms with Crippen molar-refractivity contribution in [1.29, 1.82) is 5.26 Å². The monoisotopic (exact) mass is 663 g/mol. The van der Waals surface area contributed by atoms with Crippen LogP contribution in [0.25, 0.3) is 10.8 Å². The molecular weight excluding hydrogens is 629 g/mol. The fraction of sp³-hybridized carbons (Fsp3) is 0.419. The zero-order chi connectivity index (χ0) is 28.3. The van der Waals surface area contributed by atoms with E-state index >= 15 is 0 Å². The van der Waals surface area contributed by atoms with Gasteiger partial charge in [0.15, 0.2) is 0 Å². The van der Waals surface area contributed by atoms with E-state index in [4.69, 9.17) is 14.7 Å². The lowest BCUT2D eigenvalue weighted by atomic mass is 10.0. The maximum absolute atomic E-state index is 12.5. The van der Waals surface area contributed by atoms with Gasteiger partial charge >= 0.3 is 6.01 Å². The normalized spacial score (nSPS) is 20.5. The Labute approximate surface area is 254 Å². The molecule has 0 saturated carbocycles. The Morgan fingerprint density at radius 3 is 2.83 bits per heavy atom. The number of hydrogen-bond acceptors (Lipinski definition) is 8. The summed E-state index contributed by atoms with van der Waals surface area (Å²) < 4.78 is 7.44. The SMILES string of the molecule is C=CC(=O)N1CCN(c2nc(OC[C@@H]3CCCN3)nc3c2CCN(c2cccc4cccc(I)c24)C3)C[C@@H]1CC#N. The van der Waals surface area contributed by atoms with Crippen molar-refractivity contribution >= 4 is 50.8 Å². The topological polar surface area (TPSA) is 97.6 Å². The van der Waals surface area contributed by atoms with E-state index in [-0.39, 0.29) is 18.4 Å². The number of piperazine rings is 1. The Hall–Kier alpha value is -3.43. The summed E-state index contributed by atoms with van der Waals surface area (Å²) in [7, 11) is 0. The molecule has 3 aliphatic heterocycles. The summed E-state index contributed by atoms with van der Waals surface area (Å²) in [6.07, 6.45) is 4.62. The Balaban J connectivity index is 1.34. The van der Waals surface area contributed by atoms with Gasteiger partial charge in [-0.05, 0) is 72.0 Å². The number of carbonyl (C=O) groups excluding carboxylic acids is 1. The zero-order valence-electron chi connectivity index (χ0n) is 23.1. The first-order valence-electron chi connectivity index (χ1n) is 14.3. The van der Waals surface area contributed by atoms with Gasteiger partial charge in [-0.25, -0.2) is 0 Å². The third kappa shape index (κ3) is 5.70. The number of fused-ring (bicyclic) bond motifs is 2. The molecular formula is C31H34IN7O2. The molecule has 212 valence electrons. The highest BCUT2D eigenvalue weighted by Gasteiger charge is 2.33. The summed E-state index contributed by atoms with van der Waals surface area (Å²) in [5.41, 5.74) is 3.31. The van der Waals surface area contributed by atoms with Crippen LogP contribution in [0.4, 0.5) is 11.5 Å². The van der Waals surface area contributed by atoms with Gasteiger partial charge in [0.2, 0.25) is 5.91 Å². The molecule has 2 saturated heterocycles. The summed E-state index contributed by atoms with van der Waals surface area (Å²) in [4.78, 5) is 28.8. The number of hydrogen-bond donors (Lipinski definition) is 1. The van der Waals surface area contributed by atoms with Gasteiger partial charge in [-0.3, -0.25) is 4.79 Å². The first kappa shape index (κ1) is 27.7. The number of nitrogens with zero attached hydrogens (tertiary/aromatic N) is 6. The summed E-state index contributed by atoms with van der Waals surface area (Å²) >= 11 is 2.42. The molecule has 4 heterocycles. The van der Waals surface area contributed by atoms with Crippen LogP contribution in [0.15, 0.2) is 49.1 Å². The van der Waals surface area contributed by atoms with Crippen molar-refractivity contribution in [2.45, 2.75) is 44.3 Å². The maximum atomic E-state index is 12.5. The number of carbonyl (C=O) groups is 1. The highest BCUT2D eigenvalue weighted by atomic mass is 127. The van der Waals surface area contributed by atoms with Crippen LogP contribution in [-0.2, 0) is 17.8 Å². The van der Waals surface area contributed by atoms with E-state index in [1.165, 1.54) is 26.1 Å². The van der Waals surface area contributed by atoms with Crippen molar-refractivity contribution in [3.63, 3.8) is 0 Å². The largest absolute Gasteiger partial charge is 0.462 e. The van der Waals surface area contributed by atoms with E-state index in [2.05, 4.69) is 86.8 Å². The molecule has 10 heteroatoms. The second-order valence-corrected chi connectivity index (χ2v) is 12.0. The van der Waals surface area contributed by atoms with Crippen LogP contribution in [0.3, 0.4) is 0 Å². The number of amides is 1. The van der Waals surface area contributed by atoms with Crippen LogP contribution in [0.2, 0.25) is 0 Å². The number of anilines is 2. The van der Waals surface area contributed by atoms with Gasteiger partial charge < -0.3 is 24.8 Å². The highest BCUT2D eigenvalue weighted by molar-refractivity contribution is 14.1. The summed E-state index contributed by atoms with van der Waals surface area (Å²) in [6, 6.07) is 15.6. The maximum Gasteiger partial charge on any atom is 0.318 e. The summed E-state index contributed by atoms with van der Waals surface area (Å²) in [6.45, 7) is 8.36. The average Bonchev–Trinajstić information content (AvgIpc) is 3.53. The van der Waals surface area contributed by atoms with Crippen LogP contribution in [0.1, 0.15) is 30.5 Å². The van der Waals surface area contributed by atoms with E-state index in [0.29, 0.717) is 44.8 Å². The predicted octanol–water partition coefficient (Wildman–Crippen LogP) is 4.04. The molecule has 3 aliphatic rings. The quantitative estimate of drug-likeness (QED) is 0.299. The second-order valence-electron chi connectivity index (χ2n) is 10.8. The van der Waals surface area contributed by atoms with E-state index in [1.54, 1.807) is 4.90 Å². The molecule has 1 amide bonds. The Kier molecular flexibility index (Phi) is 8.25. The van der Waals surface area contributed by atoms with Crippen molar-refractivity contribution in [2.75, 3.05) is 49.1 Å². The van der Waals surface area contributed by atoms with Gasteiger partial charge in [0.05, 0.1) is 30.8 Å². The Morgan fingerprint density at radius 2 is 2.05 bits per heavy atom. The van der Waals surface area contributed by atoms with Crippen molar-refractivity contribution < 1.29 is 9.53 Å². The van der Waals surface area contributed by atoms with Crippen LogP contribution in [0.5, 0.6) is 6.01 Å². The van der Waals surface area contributed by atoms with Crippen LogP contribution >= 0.6 is 22.6 Å². The minimum Gasteiger partial charge on any atom is -0.462 e. The first-order chi connectivity index (χ1) is 20.1. The van der Waals surface area contributed by atoms with E-state index in [9.17, 15) is 10.1 Å². The second kappa shape index (κ2) is 12.2. The number of halogens is 1. The lowest BCUT2D eigenvalue weighted by molar-refractivity contribution is -0.128. The minimum absolute atomic E-state index is 0.136. The number of rotatable bonds is 7. The molecule has 0 radical (unpaired) electrons. The first-order valence-corrected chi connectivity index (χ1v) is 15.4. The number of aromatic nitrogens is 2. The summed E-state index contributed by atoms with van der Waals surface area (Å²) in [5.74, 6) is 0.730. The van der Waals surface area contributed by atoms with Crippen LogP contribution < -0.4 is 19.9 Å². The molecule has 0 spiro atoms. The van der Waals surface area contributed by atoms with Crippen molar-refractivity contribution in [1.82, 2.24) is 20.2 Å². The standard InChI is InChI=1S/C31H34IN7O2/c1-2-28(40)39-17-16-38(18-23(39)11-13-33)30-24-12-15-37(27-10-4-7-21-6-3-9-25(32)29(21)27)19-26(24)35-31(36-30)41-20-22-8-5-14-34-22/h2-4,6-7,9-10,22-23,34H,1,5,8,11-12,14-20H2/t22-,23-/m0/s1. The number of nitrogens with one attached hydrogen (secondary N) is 1. The van der Waals surface area contributed by atoms with Crippen LogP contribution in [-0.4, -0.2) is 72.2 Å². The lowest BCUT2D eigenvalue weighted by Gasteiger charge is -2.42. The fourth-order valence-electron chi connectivity index (χ4n) is 6.27. The molecule has 2 atom stereocenters.